The molecule has 0 N–H and O–H groups in total. The molecular formula is C67H77F4IN2P4. The van der Waals surface area contributed by atoms with Crippen LogP contribution in [-0.2, 0) is 0 Å². The molecule has 10 rings (SSSR count). The number of nitrogens with zero attached hydrogens (tertiary/aromatic N) is 2. The Labute approximate surface area is 477 Å². The first-order valence-corrected chi connectivity index (χ1v) is 41.1. The standard InChI is InChI=1S/C67H77F4IN2P4/c1-75(60(52-30-12-8-13-31-52)46-47-61(75)53-32-14-9-15-33-53)73(76(2,64-42-24-20-38-56(64)68)65-43-25-21-39-57(65)69)50-28-6-4-5-7-29-51-74(77(3,66-44-26-22-40-58(66)70)67-45-27-23-41-59(67)71)78(72)62(54-34-16-10-17-35-54)48-49-63(78)55-36-18-11-19-37-55/h8-27,30-45,60-63,75-78H,4-7,28-29,46-51H2,1-3H3/t60-,61-,62+,63+/m1/s1. The van der Waals surface area contributed by atoms with Crippen molar-refractivity contribution in [1.82, 2.24) is 8.88 Å². The van der Waals surface area contributed by atoms with E-state index < -0.39 is 27.3 Å². The second kappa shape index (κ2) is 25.3. The number of unbranched alkanes of at least 4 members (excludes halogenated alkanes) is 5. The summed E-state index contributed by atoms with van der Waals surface area (Å²) in [5, 5.41) is -0.221. The molecule has 78 heavy (non-hydrogen) atoms. The molecule has 0 aliphatic carbocycles. The molecule has 2 nitrogen and oxygen atoms in total. The van der Waals surface area contributed by atoms with Gasteiger partial charge in [-0.25, -0.2) is 0 Å². The van der Waals surface area contributed by atoms with Gasteiger partial charge in [-0.05, 0) is 0 Å². The van der Waals surface area contributed by atoms with E-state index in [-0.39, 0.29) is 45.9 Å². The van der Waals surface area contributed by atoms with Gasteiger partial charge in [0, 0.05) is 0 Å². The average molecular weight is 1240 g/mol. The van der Waals surface area contributed by atoms with Gasteiger partial charge in [-0.15, -0.1) is 0 Å². The van der Waals surface area contributed by atoms with Crippen LogP contribution in [0.4, 0.5) is 17.6 Å². The van der Waals surface area contributed by atoms with Gasteiger partial charge in [-0.1, -0.05) is 0 Å². The zero-order valence-corrected chi connectivity index (χ0v) is 51.5. The van der Waals surface area contributed by atoms with Gasteiger partial charge >= 0.3 is 481 Å². The van der Waals surface area contributed by atoms with Crippen molar-refractivity contribution >= 4 is 70.6 Å². The SMILES string of the molecule is C[PH](c1ccccc1F)(c1ccccc1F)N(CCCCCCCCN([PH](C)(c1ccccc1F)c1ccccc1F)[PH]1(I)[C@H](c2ccccc2)CC[C@H]1c1ccccc1)[PH]1(C)[C@@H](c2ccccc2)CC[C@@H]1c1ccccc1. The topological polar surface area (TPSA) is 6.48 Å². The summed E-state index contributed by atoms with van der Waals surface area (Å²) in [5.41, 5.74) is 6.29. The minimum absolute atomic E-state index is 0.244. The molecule has 0 amide bonds. The van der Waals surface area contributed by atoms with Crippen LogP contribution < -0.4 is 21.2 Å². The quantitative estimate of drug-likeness (QED) is 0.0306. The molecule has 0 spiro atoms. The van der Waals surface area contributed by atoms with Crippen molar-refractivity contribution in [2.75, 3.05) is 33.1 Å². The van der Waals surface area contributed by atoms with E-state index in [1.165, 1.54) is 22.3 Å². The van der Waals surface area contributed by atoms with E-state index >= 15 is 17.6 Å². The van der Waals surface area contributed by atoms with Gasteiger partial charge in [0.1, 0.15) is 0 Å². The average Bonchev–Trinajstić information content (AvgIpc) is 4.16. The number of halogens is 5. The second-order valence-electron chi connectivity index (χ2n) is 22.4. The first-order chi connectivity index (χ1) is 37.9. The summed E-state index contributed by atoms with van der Waals surface area (Å²) < 4.78 is 72.9. The molecular weight excluding hydrogens is 1160 g/mol. The van der Waals surface area contributed by atoms with Crippen molar-refractivity contribution < 1.29 is 17.6 Å². The van der Waals surface area contributed by atoms with Crippen LogP contribution in [0.15, 0.2) is 218 Å². The Bertz CT molecular complexity index is 2830. The summed E-state index contributed by atoms with van der Waals surface area (Å²) in [6.07, 6.45) is 9.84. The van der Waals surface area contributed by atoms with Crippen molar-refractivity contribution in [2.45, 2.75) is 86.8 Å². The monoisotopic (exact) mass is 1240 g/mol. The molecule has 410 valence electrons. The van der Waals surface area contributed by atoms with Gasteiger partial charge in [-0.3, -0.25) is 0 Å². The van der Waals surface area contributed by atoms with Crippen LogP contribution in [0, 0.1) is 23.3 Å². The molecule has 4 atom stereocenters. The van der Waals surface area contributed by atoms with E-state index in [1.807, 2.05) is 48.5 Å². The minimum atomic E-state index is -3.38. The Morgan fingerprint density at radius 2 is 0.603 bits per heavy atom. The summed E-state index contributed by atoms with van der Waals surface area (Å²) in [7, 11) is -9.50. The Morgan fingerprint density at radius 1 is 0.359 bits per heavy atom. The molecule has 0 radical (unpaired) electrons. The van der Waals surface area contributed by atoms with Gasteiger partial charge in [0.25, 0.3) is 0 Å². The fourth-order valence-corrected chi connectivity index (χ4v) is 49.8. The third kappa shape index (κ3) is 11.0. The van der Waals surface area contributed by atoms with E-state index in [0.717, 1.165) is 77.3 Å². The van der Waals surface area contributed by atoms with Crippen LogP contribution >= 0.6 is 49.3 Å². The van der Waals surface area contributed by atoms with Crippen molar-refractivity contribution in [3.05, 3.63) is 264 Å². The molecule has 0 saturated carbocycles. The summed E-state index contributed by atoms with van der Waals surface area (Å²) in [5.74, 6) is -1.06. The molecule has 2 fully saturated rings. The Balaban J connectivity index is 0.975. The summed E-state index contributed by atoms with van der Waals surface area (Å²) in [6.45, 7) is 8.49. The van der Waals surface area contributed by atoms with Crippen molar-refractivity contribution in [2.24, 2.45) is 0 Å². The van der Waals surface area contributed by atoms with Crippen molar-refractivity contribution in [1.29, 1.82) is 0 Å². The third-order valence-electron chi connectivity index (χ3n) is 18.4. The fourth-order valence-electron chi connectivity index (χ4n) is 14.7. The van der Waals surface area contributed by atoms with Crippen molar-refractivity contribution in [3.63, 3.8) is 0 Å². The zero-order valence-electron chi connectivity index (χ0n) is 45.4. The summed E-state index contributed by atoms with van der Waals surface area (Å²) >= 11 is 2.90. The molecule has 2 heterocycles. The first kappa shape index (κ1) is 57.1. The van der Waals surface area contributed by atoms with E-state index in [0.29, 0.717) is 21.2 Å². The van der Waals surface area contributed by atoms with Crippen LogP contribution in [-0.4, -0.2) is 42.0 Å². The third-order valence-corrected chi connectivity index (χ3v) is 49.4. The van der Waals surface area contributed by atoms with E-state index in [9.17, 15) is 0 Å². The molecule has 0 bridgehead atoms. The van der Waals surface area contributed by atoms with Gasteiger partial charge < -0.3 is 0 Å². The van der Waals surface area contributed by atoms with Gasteiger partial charge in [0.15, 0.2) is 0 Å². The number of rotatable bonds is 21. The van der Waals surface area contributed by atoms with Crippen LogP contribution in [0.3, 0.4) is 0 Å². The number of hydrogen-bond donors (Lipinski definition) is 0. The van der Waals surface area contributed by atoms with Crippen LogP contribution in [0.2, 0.25) is 0 Å². The molecule has 8 aromatic carbocycles. The molecule has 0 unspecified atom stereocenters. The van der Waals surface area contributed by atoms with Gasteiger partial charge in [0.05, 0.1) is 0 Å². The van der Waals surface area contributed by atoms with Crippen LogP contribution in [0.25, 0.3) is 0 Å². The molecule has 11 heteroatoms. The predicted molar refractivity (Wildman–Crippen MR) is 346 cm³/mol. The molecule has 2 saturated heterocycles. The Kier molecular flexibility index (Phi) is 18.5. The summed E-state index contributed by atoms with van der Waals surface area (Å²) in [4.78, 5) is 0. The number of benzene rings is 8. The van der Waals surface area contributed by atoms with Gasteiger partial charge in [0.2, 0.25) is 0 Å². The number of hydrogen-bond acceptors (Lipinski definition) is 2. The molecule has 8 aromatic rings. The fraction of sp³-hybridized carbons (Fsp3) is 0.284. The maximum absolute atomic E-state index is 16.8. The van der Waals surface area contributed by atoms with E-state index in [4.69, 9.17) is 0 Å². The maximum atomic E-state index is 16.8. The molecule has 2 aliphatic rings. The van der Waals surface area contributed by atoms with Crippen LogP contribution in [0.5, 0.6) is 0 Å². The Morgan fingerprint density at radius 3 is 0.923 bits per heavy atom. The predicted octanol–water partition coefficient (Wildman–Crippen LogP) is 18.2. The zero-order chi connectivity index (χ0) is 54.3. The van der Waals surface area contributed by atoms with E-state index in [2.05, 4.69) is 172 Å². The van der Waals surface area contributed by atoms with Gasteiger partial charge in [-0.2, -0.15) is 0 Å². The Hall–Kier alpha value is -4.15. The molecule has 2 aliphatic heterocycles. The summed E-state index contributed by atoms with van der Waals surface area (Å²) in [6, 6.07) is 72.6. The molecule has 0 aromatic heterocycles. The second-order valence-corrected chi connectivity index (χ2v) is 43.8. The first-order valence-electron chi connectivity index (χ1n) is 28.4. The van der Waals surface area contributed by atoms with E-state index in [1.54, 1.807) is 48.5 Å². The van der Waals surface area contributed by atoms with Crippen molar-refractivity contribution in [3.8, 4) is 0 Å². The van der Waals surface area contributed by atoms with Crippen LogP contribution in [0.1, 0.15) is 109 Å². The normalized spacial score (nSPS) is 20.4.